The van der Waals surface area contributed by atoms with Crippen LogP contribution in [-0.2, 0) is 0 Å². The molecule has 0 unspecified atom stereocenters. The number of amides is 1. The van der Waals surface area contributed by atoms with Gasteiger partial charge < -0.3 is 10.3 Å². The van der Waals surface area contributed by atoms with Gasteiger partial charge in [0, 0.05) is 30.6 Å². The van der Waals surface area contributed by atoms with Crippen molar-refractivity contribution in [3.63, 3.8) is 0 Å². The van der Waals surface area contributed by atoms with Gasteiger partial charge in [0.1, 0.15) is 5.56 Å². The number of nitro benzene ring substituents is 1. The average molecular weight is 294 g/mol. The number of non-ortho nitro benzene ring substituents is 1. The summed E-state index contributed by atoms with van der Waals surface area (Å²) in [7, 11) is 0. The standard InChI is InChI=1S/C12H8ClN3O4/c13-9-5-7(16(19)20)1-2-10(9)15-12(18)8-6-14-4-3-11(8)17/h1-6H,(H,14,17)(H,15,18). The van der Waals surface area contributed by atoms with Crippen molar-refractivity contribution in [2.24, 2.45) is 0 Å². The van der Waals surface area contributed by atoms with E-state index < -0.39 is 16.3 Å². The fraction of sp³-hybridized carbons (Fsp3) is 0. The molecule has 20 heavy (non-hydrogen) atoms. The van der Waals surface area contributed by atoms with Gasteiger partial charge in [0.25, 0.3) is 11.6 Å². The Kier molecular flexibility index (Phi) is 3.81. The quantitative estimate of drug-likeness (QED) is 0.668. The minimum Gasteiger partial charge on any atom is -0.367 e. The first kappa shape index (κ1) is 13.8. The van der Waals surface area contributed by atoms with Crippen molar-refractivity contribution in [1.29, 1.82) is 0 Å². The highest BCUT2D eigenvalue weighted by Gasteiger charge is 2.14. The van der Waals surface area contributed by atoms with Crippen LogP contribution in [0.15, 0.2) is 41.5 Å². The second-order valence-corrected chi connectivity index (χ2v) is 4.20. The largest absolute Gasteiger partial charge is 0.367 e. The van der Waals surface area contributed by atoms with E-state index in [2.05, 4.69) is 10.3 Å². The summed E-state index contributed by atoms with van der Waals surface area (Å²) in [6.07, 6.45) is 2.66. The first-order valence-corrected chi connectivity index (χ1v) is 5.79. The Morgan fingerprint density at radius 3 is 2.70 bits per heavy atom. The predicted octanol–water partition coefficient (Wildman–Crippen LogP) is 2.19. The fourth-order valence-electron chi connectivity index (χ4n) is 1.50. The minimum atomic E-state index is -0.650. The molecule has 8 heteroatoms. The molecule has 0 radical (unpaired) electrons. The Hall–Kier alpha value is -2.67. The van der Waals surface area contributed by atoms with E-state index in [1.165, 1.54) is 30.6 Å². The molecule has 0 saturated heterocycles. The molecule has 0 spiro atoms. The van der Waals surface area contributed by atoms with Crippen molar-refractivity contribution in [3.8, 4) is 0 Å². The molecule has 1 amide bonds. The molecule has 0 aliphatic rings. The van der Waals surface area contributed by atoms with Crippen LogP contribution in [-0.4, -0.2) is 15.8 Å². The van der Waals surface area contributed by atoms with Gasteiger partial charge in [0.2, 0.25) is 0 Å². The molecule has 0 saturated carbocycles. The summed E-state index contributed by atoms with van der Waals surface area (Å²) in [5.41, 5.74) is -0.530. The summed E-state index contributed by atoms with van der Waals surface area (Å²) in [6.45, 7) is 0. The Morgan fingerprint density at radius 1 is 1.35 bits per heavy atom. The third-order valence-corrected chi connectivity index (χ3v) is 2.79. The Balaban J connectivity index is 2.27. The Labute approximate surface area is 117 Å². The predicted molar refractivity (Wildman–Crippen MR) is 73.1 cm³/mol. The van der Waals surface area contributed by atoms with Crippen LogP contribution in [0.3, 0.4) is 0 Å². The number of anilines is 1. The van der Waals surface area contributed by atoms with Gasteiger partial charge in [-0.15, -0.1) is 0 Å². The third kappa shape index (κ3) is 2.83. The normalized spacial score (nSPS) is 10.1. The van der Waals surface area contributed by atoms with Crippen molar-refractivity contribution < 1.29 is 9.72 Å². The summed E-state index contributed by atoms with van der Waals surface area (Å²) in [4.78, 5) is 36.0. The molecule has 0 aliphatic heterocycles. The zero-order valence-corrected chi connectivity index (χ0v) is 10.7. The second-order valence-electron chi connectivity index (χ2n) is 3.80. The first-order valence-electron chi connectivity index (χ1n) is 5.41. The van der Waals surface area contributed by atoms with Gasteiger partial charge >= 0.3 is 0 Å². The topological polar surface area (TPSA) is 105 Å². The molecule has 0 atom stereocenters. The van der Waals surface area contributed by atoms with Crippen LogP contribution in [0.4, 0.5) is 11.4 Å². The third-order valence-electron chi connectivity index (χ3n) is 2.48. The van der Waals surface area contributed by atoms with E-state index in [0.717, 1.165) is 6.07 Å². The van der Waals surface area contributed by atoms with E-state index in [0.29, 0.717) is 0 Å². The summed E-state index contributed by atoms with van der Waals surface area (Å²) in [6, 6.07) is 4.84. The van der Waals surface area contributed by atoms with E-state index in [1.54, 1.807) is 0 Å². The molecule has 1 aromatic heterocycles. The van der Waals surface area contributed by atoms with Gasteiger partial charge in [-0.05, 0) is 6.07 Å². The average Bonchev–Trinajstić information content (AvgIpc) is 2.41. The van der Waals surface area contributed by atoms with Crippen molar-refractivity contribution >= 4 is 28.9 Å². The number of nitrogens with one attached hydrogen (secondary N) is 2. The molecular formula is C12H8ClN3O4. The maximum Gasteiger partial charge on any atom is 0.271 e. The van der Waals surface area contributed by atoms with Crippen molar-refractivity contribution in [3.05, 3.63) is 67.6 Å². The summed E-state index contributed by atoms with van der Waals surface area (Å²) in [5, 5.41) is 13.0. The Bertz CT molecular complexity index is 741. The number of pyridine rings is 1. The SMILES string of the molecule is O=C(Nc1ccc([N+](=O)[O-])cc1Cl)c1c[nH]ccc1=O. The van der Waals surface area contributed by atoms with Crippen LogP contribution in [0.5, 0.6) is 0 Å². The van der Waals surface area contributed by atoms with E-state index in [-0.39, 0.29) is 22.0 Å². The van der Waals surface area contributed by atoms with Gasteiger partial charge in [0.05, 0.1) is 15.6 Å². The number of rotatable bonds is 3. The fourth-order valence-corrected chi connectivity index (χ4v) is 1.72. The number of hydrogen-bond donors (Lipinski definition) is 2. The lowest BCUT2D eigenvalue weighted by molar-refractivity contribution is -0.384. The minimum absolute atomic E-state index is 0.0138. The van der Waals surface area contributed by atoms with Crippen LogP contribution in [0.25, 0.3) is 0 Å². The van der Waals surface area contributed by atoms with E-state index in [9.17, 15) is 19.7 Å². The highest BCUT2D eigenvalue weighted by atomic mass is 35.5. The zero-order valence-electron chi connectivity index (χ0n) is 9.92. The number of H-pyrrole nitrogens is 1. The number of halogens is 1. The number of aromatic nitrogens is 1. The molecule has 7 nitrogen and oxygen atoms in total. The number of nitro groups is 1. The maximum atomic E-state index is 11.9. The highest BCUT2D eigenvalue weighted by Crippen LogP contribution is 2.26. The Morgan fingerprint density at radius 2 is 2.10 bits per heavy atom. The molecule has 2 rings (SSSR count). The molecule has 2 aromatic rings. The van der Waals surface area contributed by atoms with Crippen LogP contribution < -0.4 is 10.7 Å². The van der Waals surface area contributed by atoms with Crippen LogP contribution >= 0.6 is 11.6 Å². The molecule has 1 heterocycles. The van der Waals surface area contributed by atoms with Gasteiger partial charge in [0.15, 0.2) is 5.43 Å². The number of benzene rings is 1. The maximum absolute atomic E-state index is 11.9. The van der Waals surface area contributed by atoms with E-state index in [4.69, 9.17) is 11.6 Å². The molecule has 0 fully saturated rings. The lowest BCUT2D eigenvalue weighted by Crippen LogP contribution is -2.21. The van der Waals surface area contributed by atoms with Crippen molar-refractivity contribution in [1.82, 2.24) is 4.98 Å². The summed E-state index contributed by atoms with van der Waals surface area (Å²) < 4.78 is 0. The smallest absolute Gasteiger partial charge is 0.271 e. The number of aromatic amines is 1. The van der Waals surface area contributed by atoms with Crippen molar-refractivity contribution in [2.75, 3.05) is 5.32 Å². The zero-order chi connectivity index (χ0) is 14.7. The van der Waals surface area contributed by atoms with Gasteiger partial charge in [-0.1, -0.05) is 11.6 Å². The van der Waals surface area contributed by atoms with Crippen LogP contribution in [0, 0.1) is 10.1 Å². The highest BCUT2D eigenvalue weighted by molar-refractivity contribution is 6.34. The number of carbonyl (C=O) groups is 1. The monoisotopic (exact) mass is 293 g/mol. The molecule has 0 aliphatic carbocycles. The lowest BCUT2D eigenvalue weighted by atomic mass is 10.2. The first-order chi connectivity index (χ1) is 9.49. The van der Waals surface area contributed by atoms with Gasteiger partial charge in [-0.2, -0.15) is 0 Å². The van der Waals surface area contributed by atoms with E-state index >= 15 is 0 Å². The van der Waals surface area contributed by atoms with Crippen molar-refractivity contribution in [2.45, 2.75) is 0 Å². The van der Waals surface area contributed by atoms with E-state index in [1.807, 2.05) is 0 Å². The lowest BCUT2D eigenvalue weighted by Gasteiger charge is -2.06. The molecule has 2 N–H and O–H groups in total. The summed E-state index contributed by atoms with van der Waals surface area (Å²) in [5.74, 6) is -0.650. The van der Waals surface area contributed by atoms with Crippen LogP contribution in [0.1, 0.15) is 10.4 Å². The number of nitrogens with zero attached hydrogens (tertiary/aromatic N) is 1. The van der Waals surface area contributed by atoms with Gasteiger partial charge in [-0.25, -0.2) is 0 Å². The molecule has 0 bridgehead atoms. The molecule has 102 valence electrons. The molecule has 1 aromatic carbocycles. The van der Waals surface area contributed by atoms with Crippen LogP contribution in [0.2, 0.25) is 5.02 Å². The van der Waals surface area contributed by atoms with Gasteiger partial charge in [-0.3, -0.25) is 19.7 Å². The molecular weight excluding hydrogens is 286 g/mol. The number of carbonyl (C=O) groups excluding carboxylic acids is 1. The number of hydrogen-bond acceptors (Lipinski definition) is 4. The second kappa shape index (κ2) is 5.54. The summed E-state index contributed by atoms with van der Waals surface area (Å²) >= 11 is 5.84.